The number of aliphatic hydroxyl groups is 2. The van der Waals surface area contributed by atoms with Gasteiger partial charge in [0.25, 0.3) is 0 Å². The van der Waals surface area contributed by atoms with Crippen LogP contribution in [0.3, 0.4) is 0 Å². The number of aliphatic hydroxyl groups excluding tert-OH is 2. The predicted molar refractivity (Wildman–Crippen MR) is 77.6 cm³/mol. The molecule has 1 rings (SSSR count). The van der Waals surface area contributed by atoms with Gasteiger partial charge >= 0.3 is 0 Å². The molecule has 2 N–H and O–H groups in total. The quantitative estimate of drug-likeness (QED) is 0.807. The van der Waals surface area contributed by atoms with Crippen LogP contribution in [0.25, 0.3) is 0 Å². The second kappa shape index (κ2) is 7.39. The summed E-state index contributed by atoms with van der Waals surface area (Å²) in [6.45, 7) is 4.24. The summed E-state index contributed by atoms with van der Waals surface area (Å²) >= 11 is 0. The Morgan fingerprint density at radius 2 is 2.00 bits per heavy atom. The normalized spacial score (nSPS) is 11.3. The topological polar surface area (TPSA) is 43.7 Å². The molecule has 4 heteroatoms. The van der Waals surface area contributed by atoms with Crippen LogP contribution in [0.5, 0.6) is 0 Å². The zero-order valence-electron chi connectivity index (χ0n) is 12.3. The molecular weight excluding hydrogens is 257 g/mol. The van der Waals surface area contributed by atoms with Crippen molar-refractivity contribution in [3.05, 3.63) is 35.1 Å². The van der Waals surface area contributed by atoms with Gasteiger partial charge in [-0.15, -0.1) is 0 Å². The highest BCUT2D eigenvalue weighted by Gasteiger charge is 2.23. The summed E-state index contributed by atoms with van der Waals surface area (Å²) in [5, 5.41) is 17.9. The predicted octanol–water partition coefficient (Wildman–Crippen LogP) is 1.76. The fourth-order valence-electron chi connectivity index (χ4n) is 1.56. The average Bonchev–Trinajstić information content (AvgIpc) is 2.41. The SMILES string of the molecule is CN(Cc1ccc(C#CCCO)cc1F)C(C)(C)CO. The Morgan fingerprint density at radius 1 is 1.30 bits per heavy atom. The lowest BCUT2D eigenvalue weighted by Gasteiger charge is -2.33. The number of benzene rings is 1. The Labute approximate surface area is 120 Å². The molecule has 0 unspecified atom stereocenters. The lowest BCUT2D eigenvalue weighted by atomic mass is 10.0. The average molecular weight is 279 g/mol. The molecule has 0 aliphatic carbocycles. The van der Waals surface area contributed by atoms with Crippen molar-refractivity contribution in [2.24, 2.45) is 0 Å². The van der Waals surface area contributed by atoms with Crippen molar-refractivity contribution in [1.82, 2.24) is 4.90 Å². The van der Waals surface area contributed by atoms with Gasteiger partial charge in [-0.25, -0.2) is 4.39 Å². The van der Waals surface area contributed by atoms with Gasteiger partial charge in [0.05, 0.1) is 13.2 Å². The fraction of sp³-hybridized carbons (Fsp3) is 0.500. The van der Waals surface area contributed by atoms with Crippen molar-refractivity contribution in [2.75, 3.05) is 20.3 Å². The van der Waals surface area contributed by atoms with Gasteiger partial charge in [0.15, 0.2) is 0 Å². The zero-order chi connectivity index (χ0) is 15.2. The Kier molecular flexibility index (Phi) is 6.15. The monoisotopic (exact) mass is 279 g/mol. The molecule has 0 aliphatic heterocycles. The maximum absolute atomic E-state index is 14.0. The van der Waals surface area contributed by atoms with E-state index in [4.69, 9.17) is 5.11 Å². The largest absolute Gasteiger partial charge is 0.395 e. The van der Waals surface area contributed by atoms with Crippen LogP contribution in [0.1, 0.15) is 31.4 Å². The number of hydrogen-bond acceptors (Lipinski definition) is 3. The molecule has 110 valence electrons. The molecule has 0 spiro atoms. The summed E-state index contributed by atoms with van der Waals surface area (Å²) in [5.74, 6) is 5.26. The van der Waals surface area contributed by atoms with E-state index in [1.807, 2.05) is 25.8 Å². The third-order valence-electron chi connectivity index (χ3n) is 3.35. The Hall–Kier alpha value is -1.41. The molecule has 0 aliphatic rings. The molecule has 1 aromatic carbocycles. The second-order valence-electron chi connectivity index (χ2n) is 5.41. The van der Waals surface area contributed by atoms with Gasteiger partial charge in [0, 0.05) is 29.6 Å². The van der Waals surface area contributed by atoms with E-state index in [1.54, 1.807) is 12.1 Å². The summed E-state index contributed by atoms with van der Waals surface area (Å²) in [7, 11) is 1.85. The van der Waals surface area contributed by atoms with Gasteiger partial charge in [-0.3, -0.25) is 4.90 Å². The Morgan fingerprint density at radius 3 is 2.55 bits per heavy atom. The molecule has 3 nitrogen and oxygen atoms in total. The van der Waals surface area contributed by atoms with Gasteiger partial charge in [-0.1, -0.05) is 17.9 Å². The molecule has 1 aromatic rings. The van der Waals surface area contributed by atoms with Gasteiger partial charge < -0.3 is 10.2 Å². The minimum Gasteiger partial charge on any atom is -0.395 e. The van der Waals surface area contributed by atoms with Crippen LogP contribution >= 0.6 is 0 Å². The van der Waals surface area contributed by atoms with Crippen LogP contribution < -0.4 is 0 Å². The minimum atomic E-state index is -0.397. The van der Waals surface area contributed by atoms with Crippen LogP contribution in [0.15, 0.2) is 18.2 Å². The first-order chi connectivity index (χ1) is 9.40. The number of hydrogen-bond donors (Lipinski definition) is 2. The van der Waals surface area contributed by atoms with E-state index in [0.717, 1.165) is 0 Å². The van der Waals surface area contributed by atoms with Crippen molar-refractivity contribution in [2.45, 2.75) is 32.4 Å². The first-order valence-electron chi connectivity index (χ1n) is 6.61. The fourth-order valence-corrected chi connectivity index (χ4v) is 1.56. The lowest BCUT2D eigenvalue weighted by molar-refractivity contribution is 0.0726. The number of halogens is 1. The summed E-state index contributed by atoms with van der Waals surface area (Å²) in [5.41, 5.74) is 0.775. The zero-order valence-corrected chi connectivity index (χ0v) is 12.3. The van der Waals surface area contributed by atoms with Crippen molar-refractivity contribution >= 4 is 0 Å². The van der Waals surface area contributed by atoms with E-state index in [1.165, 1.54) is 6.07 Å². The Bertz CT molecular complexity index is 503. The third kappa shape index (κ3) is 4.61. The van der Waals surface area contributed by atoms with Crippen molar-refractivity contribution < 1.29 is 14.6 Å². The summed E-state index contributed by atoms with van der Waals surface area (Å²) in [6, 6.07) is 4.88. The Balaban J connectivity index is 2.82. The summed E-state index contributed by atoms with van der Waals surface area (Å²) < 4.78 is 14.0. The first kappa shape index (κ1) is 16.6. The maximum atomic E-state index is 14.0. The minimum absolute atomic E-state index is 0.00853. The molecule has 0 saturated heterocycles. The molecule has 0 heterocycles. The first-order valence-corrected chi connectivity index (χ1v) is 6.61. The highest BCUT2D eigenvalue weighted by molar-refractivity contribution is 5.37. The lowest BCUT2D eigenvalue weighted by Crippen LogP contribution is -2.43. The molecule has 0 radical (unpaired) electrons. The van der Waals surface area contributed by atoms with Gasteiger partial charge in [-0.05, 0) is 33.0 Å². The highest BCUT2D eigenvalue weighted by Crippen LogP contribution is 2.18. The molecule has 0 atom stereocenters. The number of rotatable bonds is 5. The molecule has 0 fully saturated rings. The van der Waals surface area contributed by atoms with E-state index in [2.05, 4.69) is 11.8 Å². The summed E-state index contributed by atoms with van der Waals surface area (Å²) in [6.07, 6.45) is 0.386. The number of likely N-dealkylation sites (N-methyl/N-ethyl adjacent to an activating group) is 1. The molecule has 20 heavy (non-hydrogen) atoms. The number of nitrogens with zero attached hydrogens (tertiary/aromatic N) is 1. The van der Waals surface area contributed by atoms with Crippen LogP contribution in [-0.4, -0.2) is 40.9 Å². The second-order valence-corrected chi connectivity index (χ2v) is 5.41. The van der Waals surface area contributed by atoms with E-state index < -0.39 is 5.54 Å². The van der Waals surface area contributed by atoms with Crippen LogP contribution in [-0.2, 0) is 6.54 Å². The molecule has 0 aromatic heterocycles. The van der Waals surface area contributed by atoms with Crippen LogP contribution in [0, 0.1) is 17.7 Å². The smallest absolute Gasteiger partial charge is 0.128 e. The molecular formula is C16H22FNO2. The van der Waals surface area contributed by atoms with Gasteiger partial charge in [0.1, 0.15) is 5.82 Å². The van der Waals surface area contributed by atoms with Crippen molar-refractivity contribution in [3.8, 4) is 11.8 Å². The molecule has 0 bridgehead atoms. The molecule has 0 amide bonds. The standard InChI is InChI=1S/C16H22FNO2/c1-16(2,12-20)18(3)11-14-8-7-13(10-15(14)17)6-4-5-9-19/h7-8,10,19-20H,5,9,11-12H2,1-3H3. The van der Waals surface area contributed by atoms with E-state index in [0.29, 0.717) is 24.1 Å². The highest BCUT2D eigenvalue weighted by atomic mass is 19.1. The van der Waals surface area contributed by atoms with Crippen molar-refractivity contribution in [3.63, 3.8) is 0 Å². The van der Waals surface area contributed by atoms with Gasteiger partial charge in [0.2, 0.25) is 0 Å². The van der Waals surface area contributed by atoms with Crippen molar-refractivity contribution in [1.29, 1.82) is 0 Å². The van der Waals surface area contributed by atoms with E-state index in [9.17, 15) is 9.50 Å². The molecule has 0 saturated carbocycles. The van der Waals surface area contributed by atoms with Gasteiger partial charge in [-0.2, -0.15) is 0 Å². The van der Waals surface area contributed by atoms with Crippen LogP contribution in [0.4, 0.5) is 4.39 Å². The van der Waals surface area contributed by atoms with E-state index in [-0.39, 0.29) is 19.0 Å². The van der Waals surface area contributed by atoms with E-state index >= 15 is 0 Å². The van der Waals surface area contributed by atoms with Crippen LogP contribution in [0.2, 0.25) is 0 Å². The third-order valence-corrected chi connectivity index (χ3v) is 3.35. The maximum Gasteiger partial charge on any atom is 0.128 e. The summed E-state index contributed by atoms with van der Waals surface area (Å²) in [4.78, 5) is 1.91.